The molecule has 0 saturated carbocycles. The first-order valence-corrected chi connectivity index (χ1v) is 7.70. The molecule has 3 aromatic rings. The van der Waals surface area contributed by atoms with E-state index in [2.05, 4.69) is 4.98 Å². The van der Waals surface area contributed by atoms with Crippen LogP contribution in [0.5, 0.6) is 17.2 Å². The third-order valence-corrected chi connectivity index (χ3v) is 3.64. The number of fused-ring (bicyclic) bond motifs is 1. The first-order chi connectivity index (χ1) is 11.6. The van der Waals surface area contributed by atoms with Gasteiger partial charge in [-0.15, -0.1) is 0 Å². The summed E-state index contributed by atoms with van der Waals surface area (Å²) in [7, 11) is 0. The number of para-hydroxylation sites is 1. The summed E-state index contributed by atoms with van der Waals surface area (Å²) in [4.78, 5) is 15.8. The Labute approximate surface area is 143 Å². The molecule has 0 unspecified atom stereocenters. The largest absolute Gasteiger partial charge is 0.505 e. The molecule has 0 aliphatic carbocycles. The second-order valence-corrected chi connectivity index (χ2v) is 5.30. The molecule has 5 nitrogen and oxygen atoms in total. The Morgan fingerprint density at radius 2 is 1.88 bits per heavy atom. The maximum absolute atomic E-state index is 11.8. The van der Waals surface area contributed by atoms with Crippen LogP contribution in [-0.4, -0.2) is 22.7 Å². The summed E-state index contributed by atoms with van der Waals surface area (Å²) in [6, 6.07) is 14.2. The van der Waals surface area contributed by atoms with Gasteiger partial charge < -0.3 is 14.6 Å². The number of esters is 1. The number of ether oxygens (including phenoxy) is 2. The van der Waals surface area contributed by atoms with Crippen LogP contribution < -0.4 is 4.74 Å². The van der Waals surface area contributed by atoms with Crippen molar-refractivity contribution in [1.82, 2.24) is 4.98 Å². The van der Waals surface area contributed by atoms with Gasteiger partial charge in [0, 0.05) is 10.8 Å². The molecule has 0 atom stereocenters. The van der Waals surface area contributed by atoms with Gasteiger partial charge in [0.2, 0.25) is 0 Å². The summed E-state index contributed by atoms with van der Waals surface area (Å²) in [5.74, 6) is 0.233. The standard InChI is InChI=1S/C18H14ClNO4/c1-2-23-18(22)15-16(21)13-9-8-12(10-14(13)17(19)20-15)24-11-6-4-3-5-7-11/h3-10,21H,2H2,1H3. The highest BCUT2D eigenvalue weighted by Crippen LogP contribution is 2.35. The van der Waals surface area contributed by atoms with Crippen molar-refractivity contribution < 1.29 is 19.4 Å². The van der Waals surface area contributed by atoms with Crippen LogP contribution in [0.3, 0.4) is 0 Å². The lowest BCUT2D eigenvalue weighted by molar-refractivity contribution is 0.0516. The Bertz CT molecular complexity index is 896. The lowest BCUT2D eigenvalue weighted by Crippen LogP contribution is -2.08. The van der Waals surface area contributed by atoms with Crippen molar-refractivity contribution in [3.05, 3.63) is 59.4 Å². The molecule has 2 aromatic carbocycles. The van der Waals surface area contributed by atoms with Gasteiger partial charge in [0.15, 0.2) is 11.4 Å². The normalized spacial score (nSPS) is 10.6. The van der Waals surface area contributed by atoms with Crippen molar-refractivity contribution in [2.75, 3.05) is 6.61 Å². The molecule has 0 radical (unpaired) electrons. The first-order valence-electron chi connectivity index (χ1n) is 7.32. The van der Waals surface area contributed by atoms with E-state index in [9.17, 15) is 9.90 Å². The van der Waals surface area contributed by atoms with E-state index in [0.717, 1.165) is 0 Å². The van der Waals surface area contributed by atoms with Gasteiger partial charge in [-0.2, -0.15) is 0 Å². The van der Waals surface area contributed by atoms with Crippen molar-refractivity contribution in [2.24, 2.45) is 0 Å². The van der Waals surface area contributed by atoms with Gasteiger partial charge in [-0.25, -0.2) is 9.78 Å². The number of carbonyl (C=O) groups excluding carboxylic acids is 1. The molecule has 0 spiro atoms. The Balaban J connectivity index is 2.03. The molecule has 1 heterocycles. The number of carbonyl (C=O) groups is 1. The van der Waals surface area contributed by atoms with Crippen molar-refractivity contribution >= 4 is 28.3 Å². The fraction of sp³-hybridized carbons (Fsp3) is 0.111. The smallest absolute Gasteiger partial charge is 0.360 e. The van der Waals surface area contributed by atoms with Crippen LogP contribution in [0.4, 0.5) is 0 Å². The summed E-state index contributed by atoms with van der Waals surface area (Å²) in [6.07, 6.45) is 0. The molecule has 0 aliphatic rings. The molecular weight excluding hydrogens is 330 g/mol. The SMILES string of the molecule is CCOC(=O)c1nc(Cl)c2cc(Oc3ccccc3)ccc2c1O. The van der Waals surface area contributed by atoms with Crippen molar-refractivity contribution in [1.29, 1.82) is 0 Å². The van der Waals surface area contributed by atoms with E-state index in [0.29, 0.717) is 22.3 Å². The van der Waals surface area contributed by atoms with E-state index < -0.39 is 5.97 Å². The molecule has 0 fully saturated rings. The van der Waals surface area contributed by atoms with E-state index in [1.807, 2.05) is 30.3 Å². The minimum absolute atomic E-state index is 0.0874. The molecule has 3 rings (SSSR count). The average Bonchev–Trinajstić information content (AvgIpc) is 2.59. The van der Waals surface area contributed by atoms with Crippen molar-refractivity contribution in [3.63, 3.8) is 0 Å². The predicted octanol–water partition coefficient (Wildman–Crippen LogP) is 4.56. The summed E-state index contributed by atoms with van der Waals surface area (Å²) < 4.78 is 10.6. The highest BCUT2D eigenvalue weighted by Gasteiger charge is 2.20. The van der Waals surface area contributed by atoms with E-state index in [4.69, 9.17) is 21.1 Å². The second-order valence-electron chi connectivity index (χ2n) is 4.94. The topological polar surface area (TPSA) is 68.7 Å². The highest BCUT2D eigenvalue weighted by atomic mass is 35.5. The van der Waals surface area contributed by atoms with Crippen LogP contribution in [0.25, 0.3) is 10.8 Å². The van der Waals surface area contributed by atoms with E-state index in [1.165, 1.54) is 0 Å². The van der Waals surface area contributed by atoms with Gasteiger partial charge in [0.25, 0.3) is 0 Å². The Morgan fingerprint density at radius 1 is 1.12 bits per heavy atom. The number of halogens is 1. The van der Waals surface area contributed by atoms with E-state index >= 15 is 0 Å². The quantitative estimate of drug-likeness (QED) is 0.555. The van der Waals surface area contributed by atoms with Crippen molar-refractivity contribution in [2.45, 2.75) is 6.92 Å². The van der Waals surface area contributed by atoms with Gasteiger partial charge in [0.05, 0.1) is 6.61 Å². The molecule has 0 saturated heterocycles. The minimum atomic E-state index is -0.719. The fourth-order valence-corrected chi connectivity index (χ4v) is 2.51. The van der Waals surface area contributed by atoms with Crippen LogP contribution in [0, 0.1) is 0 Å². The summed E-state index contributed by atoms with van der Waals surface area (Å²) >= 11 is 6.17. The van der Waals surface area contributed by atoms with Gasteiger partial charge in [-0.3, -0.25) is 0 Å². The Kier molecular flexibility index (Phi) is 4.53. The second kappa shape index (κ2) is 6.76. The number of benzene rings is 2. The molecule has 0 bridgehead atoms. The van der Waals surface area contributed by atoms with Gasteiger partial charge in [-0.05, 0) is 37.3 Å². The fourth-order valence-electron chi connectivity index (χ4n) is 2.27. The summed E-state index contributed by atoms with van der Waals surface area (Å²) in [5, 5.41) is 11.3. The number of aromatic hydroxyl groups is 1. The lowest BCUT2D eigenvalue weighted by Gasteiger charge is -2.10. The zero-order valence-corrected chi connectivity index (χ0v) is 13.6. The maximum atomic E-state index is 11.8. The molecule has 1 aromatic heterocycles. The minimum Gasteiger partial charge on any atom is -0.505 e. The van der Waals surface area contributed by atoms with Crippen LogP contribution in [0.1, 0.15) is 17.4 Å². The molecule has 1 N–H and O–H groups in total. The van der Waals surface area contributed by atoms with Crippen LogP contribution in [0.2, 0.25) is 5.15 Å². The number of aromatic nitrogens is 1. The molecule has 6 heteroatoms. The zero-order chi connectivity index (χ0) is 17.1. The Morgan fingerprint density at radius 3 is 2.58 bits per heavy atom. The van der Waals surface area contributed by atoms with E-state index in [1.54, 1.807) is 25.1 Å². The molecule has 0 amide bonds. The van der Waals surface area contributed by atoms with Crippen molar-refractivity contribution in [3.8, 4) is 17.2 Å². The van der Waals surface area contributed by atoms with E-state index in [-0.39, 0.29) is 23.2 Å². The third kappa shape index (κ3) is 3.12. The molecule has 122 valence electrons. The van der Waals surface area contributed by atoms with Gasteiger partial charge >= 0.3 is 5.97 Å². The highest BCUT2D eigenvalue weighted by molar-refractivity contribution is 6.35. The van der Waals surface area contributed by atoms with Crippen LogP contribution in [0.15, 0.2) is 48.5 Å². The number of nitrogens with zero attached hydrogens (tertiary/aromatic N) is 1. The molecule has 0 aliphatic heterocycles. The summed E-state index contributed by atoms with van der Waals surface area (Å²) in [5.41, 5.74) is -0.203. The third-order valence-electron chi connectivity index (χ3n) is 3.35. The summed E-state index contributed by atoms with van der Waals surface area (Å²) in [6.45, 7) is 1.85. The number of rotatable bonds is 4. The lowest BCUT2D eigenvalue weighted by atomic mass is 10.1. The predicted molar refractivity (Wildman–Crippen MR) is 90.9 cm³/mol. The van der Waals surface area contributed by atoms with Gasteiger partial charge in [-0.1, -0.05) is 29.8 Å². The van der Waals surface area contributed by atoms with Crippen LogP contribution >= 0.6 is 11.6 Å². The molecular formula is C18H14ClNO4. The average molecular weight is 344 g/mol. The van der Waals surface area contributed by atoms with Crippen LogP contribution in [-0.2, 0) is 4.74 Å². The molecule has 24 heavy (non-hydrogen) atoms. The maximum Gasteiger partial charge on any atom is 0.360 e. The van der Waals surface area contributed by atoms with Gasteiger partial charge in [0.1, 0.15) is 16.7 Å². The Hall–Kier alpha value is -2.79. The zero-order valence-electron chi connectivity index (χ0n) is 12.8. The monoisotopic (exact) mass is 343 g/mol. The number of pyridine rings is 1. The number of hydrogen-bond donors (Lipinski definition) is 1. The first kappa shape index (κ1) is 16.1. The number of hydrogen-bond acceptors (Lipinski definition) is 5.